The molecule has 0 unspecified atom stereocenters. The van der Waals surface area contributed by atoms with Gasteiger partial charge < -0.3 is 12.3 Å². The molecule has 1 fully saturated rings. The minimum Gasteiger partial charge on any atom is -0.419 e. The molecule has 14 heavy (non-hydrogen) atoms. The van der Waals surface area contributed by atoms with E-state index in [2.05, 4.69) is 30.9 Å². The molecule has 1 saturated heterocycles. The average molecular weight is 214 g/mol. The molecule has 0 aromatic heterocycles. The van der Waals surface area contributed by atoms with Crippen molar-refractivity contribution in [2.24, 2.45) is 5.41 Å². The van der Waals surface area contributed by atoms with Gasteiger partial charge in [-0.3, -0.25) is 0 Å². The van der Waals surface area contributed by atoms with Crippen LogP contribution in [-0.4, -0.2) is 72.6 Å². The van der Waals surface area contributed by atoms with Crippen molar-refractivity contribution in [1.29, 1.82) is 0 Å². The zero-order valence-electron chi connectivity index (χ0n) is 10.7. The van der Waals surface area contributed by atoms with Crippen molar-refractivity contribution in [3.8, 4) is 0 Å². The van der Waals surface area contributed by atoms with Crippen LogP contribution in [0.25, 0.3) is 0 Å². The van der Waals surface area contributed by atoms with Gasteiger partial charge in [0.05, 0.1) is 0 Å². The van der Waals surface area contributed by atoms with Crippen LogP contribution in [0.1, 0.15) is 40.5 Å². The van der Waals surface area contributed by atoms with Crippen molar-refractivity contribution in [3.63, 3.8) is 0 Å². The van der Waals surface area contributed by atoms with Gasteiger partial charge in [0.25, 0.3) is 0 Å². The molecular formula is C9H18ClLi2MgN. The molecule has 5 heteroatoms. The van der Waals surface area contributed by atoms with Gasteiger partial charge in [-0.1, -0.05) is 13.8 Å². The summed E-state index contributed by atoms with van der Waals surface area (Å²) in [6.07, 6.45) is 2.65. The standard InChI is InChI=1S/C9H18N.ClH.2Li.Mg/c1-8(2)6-5-7-10-9(8,3)4;;;;/h5-7H2,1-4H3;1H;;;/q-1;;;;+2/p-1. The van der Waals surface area contributed by atoms with E-state index in [0.29, 0.717) is 11.0 Å². The van der Waals surface area contributed by atoms with Crippen LogP contribution in [-0.2, 0) is 0 Å². The number of hydrogen-bond donors (Lipinski definition) is 0. The van der Waals surface area contributed by atoms with E-state index in [1.54, 1.807) is 0 Å². The molecule has 0 spiro atoms. The van der Waals surface area contributed by atoms with Crippen LogP contribution < -0.4 is 0 Å². The monoisotopic (exact) mass is 213 g/mol. The topological polar surface area (TPSA) is 3.24 Å². The number of hydrogen-bond acceptors (Lipinski definition) is 1. The molecule has 70 valence electrons. The van der Waals surface area contributed by atoms with Crippen LogP contribution in [0.4, 0.5) is 0 Å². The Balaban J connectivity index is 0. The number of halogens is 1. The number of piperidine rings is 1. The summed E-state index contributed by atoms with van der Waals surface area (Å²) in [5.74, 6) is 0. The van der Waals surface area contributed by atoms with Gasteiger partial charge in [0.15, 0.2) is 0 Å². The fourth-order valence-electron chi connectivity index (χ4n) is 1.93. The Morgan fingerprint density at radius 2 is 1.64 bits per heavy atom. The fraction of sp³-hybridized carbons (Fsp3) is 1.00. The summed E-state index contributed by atoms with van der Waals surface area (Å²) in [5.41, 5.74) is 0.729. The van der Waals surface area contributed by atoms with Gasteiger partial charge in [0, 0.05) is 37.7 Å². The molecular weight excluding hydrogens is 196 g/mol. The minimum atomic E-state index is -0.499. The van der Waals surface area contributed by atoms with Crippen molar-refractivity contribution in [2.45, 2.75) is 46.1 Å². The number of nitrogens with zero attached hydrogens (tertiary/aromatic N) is 1. The summed E-state index contributed by atoms with van der Waals surface area (Å²) in [7, 11) is 6.06. The molecule has 1 aliphatic rings. The molecule has 1 heterocycles. The first kappa shape index (κ1) is 18.6. The van der Waals surface area contributed by atoms with E-state index in [1.165, 1.54) is 19.4 Å². The first-order valence-electron chi connectivity index (χ1n) is 4.73. The van der Waals surface area contributed by atoms with Crippen LogP contribution in [0.5, 0.6) is 0 Å². The third-order valence-electron chi connectivity index (χ3n) is 3.82. The second-order valence-electron chi connectivity index (χ2n) is 4.93. The van der Waals surface area contributed by atoms with Gasteiger partial charge >= 0.3 is 19.5 Å². The van der Waals surface area contributed by atoms with Gasteiger partial charge in [-0.15, -0.1) is 0 Å². The first-order valence-corrected chi connectivity index (χ1v) is 7.50. The number of rotatable bonds is 1. The van der Waals surface area contributed by atoms with E-state index in [4.69, 9.17) is 9.07 Å². The van der Waals surface area contributed by atoms with Gasteiger partial charge in [-0.05, 0) is 44.2 Å². The maximum Gasteiger partial charge on any atom is 0.607 e. The molecule has 0 aliphatic carbocycles. The van der Waals surface area contributed by atoms with Gasteiger partial charge in [0.1, 0.15) is 0 Å². The maximum atomic E-state index is 6.06. The van der Waals surface area contributed by atoms with E-state index < -0.39 is 19.5 Å². The smallest absolute Gasteiger partial charge is 0.419 e. The first-order chi connectivity index (χ1) is 5.42. The van der Waals surface area contributed by atoms with Crippen molar-refractivity contribution in [1.82, 2.24) is 3.22 Å². The van der Waals surface area contributed by atoms with Crippen LogP contribution in [0.15, 0.2) is 0 Å². The zero-order valence-corrected chi connectivity index (χ0v) is 12.8. The van der Waals surface area contributed by atoms with Crippen molar-refractivity contribution < 1.29 is 0 Å². The van der Waals surface area contributed by atoms with Crippen LogP contribution in [0.3, 0.4) is 0 Å². The van der Waals surface area contributed by atoms with Gasteiger partial charge in [0.2, 0.25) is 0 Å². The van der Waals surface area contributed by atoms with Crippen molar-refractivity contribution in [2.75, 3.05) is 6.54 Å². The predicted molar refractivity (Wildman–Crippen MR) is 66.9 cm³/mol. The summed E-state index contributed by atoms with van der Waals surface area (Å²) in [5, 5.41) is 0. The van der Waals surface area contributed by atoms with Crippen LogP contribution >= 0.6 is 9.07 Å². The SMILES string of the molecule is CC1(C)CCC[N]([Mg][Cl])C1(C)C.[Li].[Li]. The molecule has 0 amide bonds. The summed E-state index contributed by atoms with van der Waals surface area (Å²) in [4.78, 5) is 0. The Labute approximate surface area is 126 Å². The normalized spacial score (nSPS) is 24.1. The van der Waals surface area contributed by atoms with E-state index in [0.717, 1.165) is 0 Å². The van der Waals surface area contributed by atoms with E-state index in [1.807, 2.05) is 0 Å². The molecule has 0 aromatic carbocycles. The second kappa shape index (κ2) is 6.83. The molecule has 0 saturated carbocycles. The zero-order chi connectivity index (χ0) is 9.41. The van der Waals surface area contributed by atoms with Gasteiger partial charge in [-0.2, -0.15) is 0 Å². The van der Waals surface area contributed by atoms with Crippen molar-refractivity contribution >= 4 is 66.3 Å². The molecule has 0 aromatic rings. The maximum absolute atomic E-state index is 6.06. The fourth-order valence-corrected chi connectivity index (χ4v) is 4.26. The third kappa shape index (κ3) is 3.61. The Kier molecular flexibility index (Phi) is 9.06. The predicted octanol–water partition coefficient (Wildman–Crippen LogP) is 1.90. The molecule has 2 radical (unpaired) electrons. The Bertz CT molecular complexity index is 176. The molecule has 1 rings (SSSR count). The average Bonchev–Trinajstić information content (AvgIpc) is 1.95. The molecule has 0 atom stereocenters. The van der Waals surface area contributed by atoms with E-state index in [9.17, 15) is 0 Å². The molecule has 0 N–H and O–H groups in total. The molecule has 1 nitrogen and oxygen atoms in total. The third-order valence-corrected chi connectivity index (χ3v) is 6.08. The van der Waals surface area contributed by atoms with E-state index in [-0.39, 0.29) is 37.7 Å². The summed E-state index contributed by atoms with van der Waals surface area (Å²) < 4.78 is 2.51. The summed E-state index contributed by atoms with van der Waals surface area (Å²) >= 11 is -0.499. The van der Waals surface area contributed by atoms with Crippen LogP contribution in [0.2, 0.25) is 0 Å². The Morgan fingerprint density at radius 3 is 2.00 bits per heavy atom. The minimum absolute atomic E-state index is 0. The van der Waals surface area contributed by atoms with Crippen molar-refractivity contribution in [3.05, 3.63) is 0 Å². The quantitative estimate of drug-likeness (QED) is 0.602. The Hall–Kier alpha value is 2.21. The second-order valence-corrected chi connectivity index (χ2v) is 6.65. The largest absolute Gasteiger partial charge is 0.607 e. The Morgan fingerprint density at radius 1 is 1.14 bits per heavy atom. The summed E-state index contributed by atoms with van der Waals surface area (Å²) in [6.45, 7) is 10.6. The van der Waals surface area contributed by atoms with Gasteiger partial charge in [-0.25, -0.2) is 0 Å². The van der Waals surface area contributed by atoms with E-state index >= 15 is 0 Å². The summed E-state index contributed by atoms with van der Waals surface area (Å²) in [6, 6.07) is 0. The molecule has 0 bridgehead atoms. The van der Waals surface area contributed by atoms with Crippen LogP contribution in [0, 0.1) is 5.41 Å². The molecule has 1 aliphatic heterocycles.